The van der Waals surface area contributed by atoms with Gasteiger partial charge < -0.3 is 4.90 Å². The molecule has 1 aliphatic rings. The molecule has 2 aromatic heterocycles. The van der Waals surface area contributed by atoms with Gasteiger partial charge in [0, 0.05) is 24.8 Å². The van der Waals surface area contributed by atoms with Gasteiger partial charge in [0.1, 0.15) is 5.82 Å². The minimum atomic E-state index is -0.504. The number of amides is 2. The smallest absolute Gasteiger partial charge is 0.234 e. The van der Waals surface area contributed by atoms with Crippen molar-refractivity contribution in [3.63, 3.8) is 0 Å². The van der Waals surface area contributed by atoms with E-state index in [1.807, 2.05) is 48.5 Å². The number of rotatable bonds is 5. The van der Waals surface area contributed by atoms with Gasteiger partial charge in [-0.05, 0) is 42.5 Å². The molecule has 0 saturated carbocycles. The quantitative estimate of drug-likeness (QED) is 0.455. The third-order valence-corrected chi connectivity index (χ3v) is 6.47. The molecule has 4 aromatic rings. The molecule has 0 N–H and O–H groups in total. The monoisotopic (exact) mass is 446 g/mol. The molecular formula is C24H19FN4O2S. The number of para-hydroxylation sites is 1. The van der Waals surface area contributed by atoms with E-state index in [0.29, 0.717) is 27.6 Å². The van der Waals surface area contributed by atoms with E-state index in [2.05, 4.69) is 9.97 Å². The van der Waals surface area contributed by atoms with Crippen molar-refractivity contribution in [1.29, 1.82) is 0 Å². The molecule has 1 saturated heterocycles. The number of anilines is 2. The minimum absolute atomic E-state index is 0.0845. The summed E-state index contributed by atoms with van der Waals surface area (Å²) >= 11 is 1.25. The highest BCUT2D eigenvalue weighted by Gasteiger charge is 2.38. The van der Waals surface area contributed by atoms with Gasteiger partial charge in [-0.3, -0.25) is 19.5 Å². The zero-order valence-electron chi connectivity index (χ0n) is 17.0. The van der Waals surface area contributed by atoms with E-state index in [1.54, 1.807) is 22.1 Å². The summed E-state index contributed by atoms with van der Waals surface area (Å²) in [6.45, 7) is 0.526. The molecular weight excluding hydrogens is 427 g/mol. The molecule has 1 unspecified atom stereocenters. The van der Waals surface area contributed by atoms with Crippen LogP contribution in [0.4, 0.5) is 15.2 Å². The van der Waals surface area contributed by atoms with E-state index in [0.717, 1.165) is 5.69 Å². The third kappa shape index (κ3) is 3.97. The van der Waals surface area contributed by atoms with Gasteiger partial charge in [-0.2, -0.15) is 0 Å². The first-order chi connectivity index (χ1) is 15.6. The van der Waals surface area contributed by atoms with Gasteiger partial charge in [-0.15, -0.1) is 0 Å². The van der Waals surface area contributed by atoms with E-state index in [4.69, 9.17) is 0 Å². The lowest BCUT2D eigenvalue weighted by Crippen LogP contribution is -2.37. The molecule has 3 heterocycles. The molecule has 32 heavy (non-hydrogen) atoms. The first kappa shape index (κ1) is 20.3. The fourth-order valence-electron chi connectivity index (χ4n) is 3.85. The number of carbonyl (C=O) groups excluding carboxylic acids is 2. The number of hydrogen-bond acceptors (Lipinski definition) is 5. The molecule has 0 spiro atoms. The highest BCUT2D eigenvalue weighted by molar-refractivity contribution is 7.22. The maximum atomic E-state index is 13.7. The molecule has 0 aliphatic carbocycles. The van der Waals surface area contributed by atoms with E-state index >= 15 is 0 Å². The maximum Gasteiger partial charge on any atom is 0.234 e. The summed E-state index contributed by atoms with van der Waals surface area (Å²) in [5.74, 6) is -1.13. The number of nitrogens with zero attached hydrogens (tertiary/aromatic N) is 4. The Kier molecular flexibility index (Phi) is 5.36. The molecule has 8 heteroatoms. The summed E-state index contributed by atoms with van der Waals surface area (Å²) < 4.78 is 14.4. The lowest BCUT2D eigenvalue weighted by atomic mass is 10.1. The molecule has 1 fully saturated rings. The van der Waals surface area contributed by atoms with Crippen LogP contribution in [0.2, 0.25) is 0 Å². The second kappa shape index (κ2) is 8.47. The summed E-state index contributed by atoms with van der Waals surface area (Å²) in [4.78, 5) is 38.4. The van der Waals surface area contributed by atoms with Crippen LogP contribution in [-0.4, -0.2) is 28.3 Å². The molecule has 0 bridgehead atoms. The molecule has 5 rings (SSSR count). The van der Waals surface area contributed by atoms with Crippen LogP contribution in [0.5, 0.6) is 0 Å². The minimum Gasteiger partial charge on any atom is -0.312 e. The van der Waals surface area contributed by atoms with Gasteiger partial charge in [0.2, 0.25) is 11.8 Å². The Morgan fingerprint density at radius 1 is 1.12 bits per heavy atom. The Balaban J connectivity index is 1.47. The van der Waals surface area contributed by atoms with Gasteiger partial charge in [0.25, 0.3) is 0 Å². The second-order valence-electron chi connectivity index (χ2n) is 7.59. The number of halogens is 1. The third-order valence-electron chi connectivity index (χ3n) is 5.42. The maximum absolute atomic E-state index is 13.7. The zero-order valence-corrected chi connectivity index (χ0v) is 17.8. The summed E-state index contributed by atoms with van der Waals surface area (Å²) in [6, 6.07) is 19.2. The Morgan fingerprint density at radius 3 is 2.72 bits per heavy atom. The average molecular weight is 447 g/mol. The number of hydrogen-bond donors (Lipinski definition) is 0. The summed E-state index contributed by atoms with van der Waals surface area (Å²) in [5, 5.41) is 0.465. The van der Waals surface area contributed by atoms with Crippen molar-refractivity contribution in [2.24, 2.45) is 5.92 Å². The standard InChI is InChI=1S/C24H19FN4O2S/c25-17-9-10-20-21(13-17)32-24(27-20)29(15-18-6-4-5-11-26-18)23(31)16-12-22(30)28(14-16)19-7-2-1-3-8-19/h1-11,13,16H,12,14-15H2. The molecule has 1 atom stereocenters. The Hall–Kier alpha value is -3.65. The predicted octanol–water partition coefficient (Wildman–Crippen LogP) is 4.42. The van der Waals surface area contributed by atoms with Crippen molar-refractivity contribution in [2.45, 2.75) is 13.0 Å². The average Bonchev–Trinajstić information content (AvgIpc) is 3.41. The van der Waals surface area contributed by atoms with Crippen LogP contribution in [0.1, 0.15) is 12.1 Å². The van der Waals surface area contributed by atoms with Crippen LogP contribution in [0.25, 0.3) is 10.2 Å². The van der Waals surface area contributed by atoms with Gasteiger partial charge in [0.15, 0.2) is 5.13 Å². The summed E-state index contributed by atoms with van der Waals surface area (Å²) in [5.41, 5.74) is 2.11. The van der Waals surface area contributed by atoms with Crippen LogP contribution >= 0.6 is 11.3 Å². The first-order valence-corrected chi connectivity index (χ1v) is 11.0. The van der Waals surface area contributed by atoms with Crippen LogP contribution < -0.4 is 9.80 Å². The molecule has 0 radical (unpaired) electrons. The van der Waals surface area contributed by atoms with E-state index in [1.165, 1.54) is 23.5 Å². The van der Waals surface area contributed by atoms with Gasteiger partial charge in [-0.25, -0.2) is 9.37 Å². The van der Waals surface area contributed by atoms with Crippen LogP contribution in [-0.2, 0) is 16.1 Å². The normalized spacial score (nSPS) is 16.0. The molecule has 2 amide bonds. The SMILES string of the molecule is O=C1CC(C(=O)N(Cc2ccccn2)c2nc3ccc(F)cc3s2)CN1c1ccccc1. The van der Waals surface area contributed by atoms with Crippen molar-refractivity contribution in [1.82, 2.24) is 9.97 Å². The van der Waals surface area contributed by atoms with Crippen LogP contribution in [0.15, 0.2) is 72.9 Å². The summed E-state index contributed by atoms with van der Waals surface area (Å²) in [6.07, 6.45) is 1.80. The summed E-state index contributed by atoms with van der Waals surface area (Å²) in [7, 11) is 0. The Morgan fingerprint density at radius 2 is 1.94 bits per heavy atom. The fraction of sp³-hybridized carbons (Fsp3) is 0.167. The topological polar surface area (TPSA) is 66.4 Å². The van der Waals surface area contributed by atoms with Gasteiger partial charge in [0.05, 0.1) is 28.4 Å². The van der Waals surface area contributed by atoms with Crippen LogP contribution in [0.3, 0.4) is 0 Å². The number of carbonyl (C=O) groups is 2. The zero-order chi connectivity index (χ0) is 22.1. The second-order valence-corrected chi connectivity index (χ2v) is 8.60. The largest absolute Gasteiger partial charge is 0.312 e. The molecule has 1 aliphatic heterocycles. The highest BCUT2D eigenvalue weighted by atomic mass is 32.1. The van der Waals surface area contributed by atoms with Gasteiger partial charge in [-0.1, -0.05) is 35.6 Å². The lowest BCUT2D eigenvalue weighted by Gasteiger charge is -2.23. The highest BCUT2D eigenvalue weighted by Crippen LogP contribution is 2.33. The van der Waals surface area contributed by atoms with E-state index in [9.17, 15) is 14.0 Å². The first-order valence-electron chi connectivity index (χ1n) is 10.2. The molecule has 2 aromatic carbocycles. The van der Waals surface area contributed by atoms with Gasteiger partial charge >= 0.3 is 0 Å². The molecule has 160 valence electrons. The fourth-order valence-corrected chi connectivity index (χ4v) is 4.84. The Bertz CT molecular complexity index is 1280. The number of pyridine rings is 1. The predicted molar refractivity (Wildman–Crippen MR) is 122 cm³/mol. The van der Waals surface area contributed by atoms with Crippen molar-refractivity contribution in [3.05, 3.63) is 84.4 Å². The van der Waals surface area contributed by atoms with Crippen molar-refractivity contribution >= 4 is 44.2 Å². The van der Waals surface area contributed by atoms with E-state index < -0.39 is 5.92 Å². The van der Waals surface area contributed by atoms with E-state index in [-0.39, 0.29) is 30.6 Å². The van der Waals surface area contributed by atoms with Crippen molar-refractivity contribution in [3.8, 4) is 0 Å². The number of benzene rings is 2. The lowest BCUT2D eigenvalue weighted by molar-refractivity contribution is -0.124. The van der Waals surface area contributed by atoms with Crippen molar-refractivity contribution < 1.29 is 14.0 Å². The van der Waals surface area contributed by atoms with Crippen molar-refractivity contribution in [2.75, 3.05) is 16.3 Å². The number of aromatic nitrogens is 2. The number of fused-ring (bicyclic) bond motifs is 1. The number of thiazole rings is 1. The Labute approximate surface area is 187 Å². The molecule has 6 nitrogen and oxygen atoms in total. The van der Waals surface area contributed by atoms with Crippen LogP contribution in [0, 0.1) is 11.7 Å².